The highest BCUT2D eigenvalue weighted by molar-refractivity contribution is 7.99. The molecule has 2 heterocycles. The number of carbonyl (C=O) groups excluding carboxylic acids is 1. The van der Waals surface area contributed by atoms with Crippen molar-refractivity contribution < 1.29 is 4.79 Å². The Balaban J connectivity index is 1.98. The van der Waals surface area contributed by atoms with Crippen molar-refractivity contribution >= 4 is 40.9 Å². The van der Waals surface area contributed by atoms with Crippen molar-refractivity contribution in [3.8, 4) is 0 Å². The van der Waals surface area contributed by atoms with Gasteiger partial charge in [0.05, 0.1) is 11.4 Å². The zero-order valence-corrected chi connectivity index (χ0v) is 13.1. The van der Waals surface area contributed by atoms with Crippen molar-refractivity contribution in [3.05, 3.63) is 23.5 Å². The van der Waals surface area contributed by atoms with E-state index >= 15 is 0 Å². The van der Waals surface area contributed by atoms with Crippen LogP contribution in [-0.2, 0) is 4.79 Å². The molecule has 2 aromatic rings. The van der Waals surface area contributed by atoms with Crippen LogP contribution in [0.3, 0.4) is 0 Å². The monoisotopic (exact) mass is 326 g/mol. The molecule has 0 atom stereocenters. The Bertz CT molecular complexity index is 644. The lowest BCUT2D eigenvalue weighted by Crippen LogP contribution is -2.15. The van der Waals surface area contributed by atoms with Crippen molar-refractivity contribution in [2.24, 2.45) is 0 Å². The summed E-state index contributed by atoms with van der Waals surface area (Å²) >= 11 is 7.14. The second-order valence-electron chi connectivity index (χ2n) is 4.48. The maximum Gasteiger partial charge on any atom is 0.234 e. The lowest BCUT2D eigenvalue weighted by Gasteiger charge is -2.11. The van der Waals surface area contributed by atoms with Gasteiger partial charge in [0.25, 0.3) is 0 Å². The number of thioether (sulfide) groups is 1. The summed E-state index contributed by atoms with van der Waals surface area (Å²) in [5.41, 5.74) is 6.22. The zero-order valence-electron chi connectivity index (χ0n) is 11.6. The van der Waals surface area contributed by atoms with Gasteiger partial charge in [-0.15, -0.1) is 10.2 Å². The van der Waals surface area contributed by atoms with Crippen molar-refractivity contribution in [1.82, 2.24) is 19.7 Å². The van der Waals surface area contributed by atoms with Crippen LogP contribution in [0.15, 0.2) is 23.5 Å². The number of halogens is 1. The third-order valence-electron chi connectivity index (χ3n) is 2.57. The van der Waals surface area contributed by atoms with E-state index in [9.17, 15) is 4.79 Å². The van der Waals surface area contributed by atoms with E-state index in [-0.39, 0.29) is 22.9 Å². The van der Waals surface area contributed by atoms with Crippen molar-refractivity contribution in [2.75, 3.05) is 16.8 Å². The number of nitrogen functional groups attached to an aromatic ring is 1. The van der Waals surface area contributed by atoms with Gasteiger partial charge in [-0.1, -0.05) is 23.4 Å². The van der Waals surface area contributed by atoms with E-state index in [1.54, 1.807) is 22.9 Å². The van der Waals surface area contributed by atoms with Gasteiger partial charge in [-0.3, -0.25) is 9.36 Å². The first-order chi connectivity index (χ1) is 9.99. The van der Waals surface area contributed by atoms with Crippen molar-refractivity contribution in [1.29, 1.82) is 0 Å². The number of amides is 1. The van der Waals surface area contributed by atoms with Crippen LogP contribution < -0.4 is 11.1 Å². The molecule has 0 saturated heterocycles. The van der Waals surface area contributed by atoms with E-state index in [1.165, 1.54) is 11.8 Å². The second kappa shape index (κ2) is 6.77. The average molecular weight is 327 g/mol. The Morgan fingerprint density at radius 3 is 2.95 bits per heavy atom. The number of aromatic nitrogens is 4. The highest BCUT2D eigenvalue weighted by atomic mass is 35.5. The number of pyridine rings is 1. The minimum Gasteiger partial charge on any atom is -0.368 e. The smallest absolute Gasteiger partial charge is 0.234 e. The third kappa shape index (κ3) is 3.85. The Hall–Kier alpha value is -1.80. The molecule has 0 fully saturated rings. The summed E-state index contributed by atoms with van der Waals surface area (Å²) in [6.45, 7) is 3.94. The topological polar surface area (TPSA) is 98.7 Å². The molecule has 2 aromatic heterocycles. The molecular weight excluding hydrogens is 312 g/mol. The maximum atomic E-state index is 11.9. The summed E-state index contributed by atoms with van der Waals surface area (Å²) in [7, 11) is 0. The van der Waals surface area contributed by atoms with Gasteiger partial charge in [0, 0.05) is 12.2 Å². The van der Waals surface area contributed by atoms with Gasteiger partial charge in [0.2, 0.25) is 11.9 Å². The van der Waals surface area contributed by atoms with Crippen LogP contribution in [0.2, 0.25) is 5.15 Å². The molecule has 2 rings (SSSR count). The van der Waals surface area contributed by atoms with Crippen LogP contribution in [0.25, 0.3) is 0 Å². The fraction of sp³-hybridized carbons (Fsp3) is 0.333. The predicted octanol–water partition coefficient (Wildman–Crippen LogP) is 2.22. The highest BCUT2D eigenvalue weighted by Gasteiger charge is 2.15. The molecule has 1 amide bonds. The molecule has 0 radical (unpaired) electrons. The number of hydrogen-bond acceptors (Lipinski definition) is 6. The number of nitrogens with zero attached hydrogens (tertiary/aromatic N) is 4. The van der Waals surface area contributed by atoms with E-state index in [2.05, 4.69) is 20.5 Å². The van der Waals surface area contributed by atoms with E-state index in [0.717, 1.165) is 0 Å². The van der Waals surface area contributed by atoms with Gasteiger partial charge in [0.1, 0.15) is 0 Å². The maximum absolute atomic E-state index is 11.9. The molecule has 0 aliphatic carbocycles. The van der Waals surface area contributed by atoms with Gasteiger partial charge in [-0.25, -0.2) is 4.98 Å². The first-order valence-corrected chi connectivity index (χ1v) is 7.59. The van der Waals surface area contributed by atoms with E-state index in [4.69, 9.17) is 17.3 Å². The molecule has 0 aliphatic heterocycles. The molecular formula is C12H15ClN6OS. The van der Waals surface area contributed by atoms with Crippen molar-refractivity contribution in [3.63, 3.8) is 0 Å². The minimum absolute atomic E-state index is 0.123. The van der Waals surface area contributed by atoms with E-state index < -0.39 is 0 Å². The predicted molar refractivity (Wildman–Crippen MR) is 83.4 cm³/mol. The zero-order chi connectivity index (χ0) is 15.4. The number of carbonyl (C=O) groups is 1. The fourth-order valence-corrected chi connectivity index (χ4v) is 2.71. The molecule has 0 aromatic carbocycles. The molecule has 21 heavy (non-hydrogen) atoms. The van der Waals surface area contributed by atoms with E-state index in [1.807, 2.05) is 13.8 Å². The Morgan fingerprint density at radius 2 is 2.29 bits per heavy atom. The summed E-state index contributed by atoms with van der Waals surface area (Å²) in [5, 5.41) is 11.3. The largest absolute Gasteiger partial charge is 0.368 e. The fourth-order valence-electron chi connectivity index (χ4n) is 1.67. The van der Waals surface area contributed by atoms with Crippen LogP contribution in [0, 0.1) is 0 Å². The third-order valence-corrected chi connectivity index (χ3v) is 3.82. The Kier molecular flexibility index (Phi) is 5.03. The minimum atomic E-state index is -0.202. The summed E-state index contributed by atoms with van der Waals surface area (Å²) in [5.74, 6) is 0.311. The molecule has 9 heteroatoms. The molecule has 0 unspecified atom stereocenters. The quantitative estimate of drug-likeness (QED) is 0.645. The summed E-state index contributed by atoms with van der Waals surface area (Å²) in [6, 6.07) is 3.51. The second-order valence-corrected chi connectivity index (χ2v) is 5.78. The molecule has 7 nitrogen and oxygen atoms in total. The average Bonchev–Trinajstić information content (AvgIpc) is 2.80. The standard InChI is InChI=1S/C12H15ClN6OS/c1-7(2)19-11(14)17-18-12(19)21-6-9(20)16-8-4-3-5-15-10(8)13/h3-5,7H,6H2,1-2H3,(H2,14,17)(H,16,20). The van der Waals surface area contributed by atoms with Crippen LogP contribution in [0.5, 0.6) is 0 Å². The number of anilines is 2. The number of nitrogens with two attached hydrogens (primary N) is 1. The number of hydrogen-bond donors (Lipinski definition) is 2. The Morgan fingerprint density at radius 1 is 1.52 bits per heavy atom. The van der Waals surface area contributed by atoms with Crippen LogP contribution in [0.4, 0.5) is 11.6 Å². The highest BCUT2D eigenvalue weighted by Crippen LogP contribution is 2.23. The molecule has 0 bridgehead atoms. The van der Waals surface area contributed by atoms with Gasteiger partial charge in [0.15, 0.2) is 10.3 Å². The van der Waals surface area contributed by atoms with Crippen LogP contribution in [0.1, 0.15) is 19.9 Å². The summed E-state index contributed by atoms with van der Waals surface area (Å²) in [4.78, 5) is 15.8. The van der Waals surface area contributed by atoms with Crippen molar-refractivity contribution in [2.45, 2.75) is 25.0 Å². The normalized spacial score (nSPS) is 10.9. The lowest BCUT2D eigenvalue weighted by molar-refractivity contribution is -0.113. The number of nitrogens with one attached hydrogen (secondary N) is 1. The SMILES string of the molecule is CC(C)n1c(N)nnc1SCC(=O)Nc1cccnc1Cl. The Labute approximate surface area is 131 Å². The molecule has 0 spiro atoms. The summed E-state index contributed by atoms with van der Waals surface area (Å²) in [6.07, 6.45) is 1.56. The molecule has 0 aliphatic rings. The van der Waals surface area contributed by atoms with E-state index in [0.29, 0.717) is 16.8 Å². The molecule has 112 valence electrons. The van der Waals surface area contributed by atoms with Gasteiger partial charge in [-0.05, 0) is 26.0 Å². The number of rotatable bonds is 5. The first-order valence-electron chi connectivity index (χ1n) is 6.22. The lowest BCUT2D eigenvalue weighted by atomic mass is 10.4. The van der Waals surface area contributed by atoms with Crippen LogP contribution in [-0.4, -0.2) is 31.4 Å². The van der Waals surface area contributed by atoms with Crippen LogP contribution >= 0.6 is 23.4 Å². The van der Waals surface area contributed by atoms with Gasteiger partial charge in [-0.2, -0.15) is 0 Å². The van der Waals surface area contributed by atoms with Gasteiger partial charge < -0.3 is 11.1 Å². The van der Waals surface area contributed by atoms with Gasteiger partial charge >= 0.3 is 0 Å². The first kappa shape index (κ1) is 15.6. The molecule has 0 saturated carbocycles. The molecule has 3 N–H and O–H groups in total. The summed E-state index contributed by atoms with van der Waals surface area (Å²) < 4.78 is 1.77.